The van der Waals surface area contributed by atoms with Gasteiger partial charge in [0, 0.05) is 0 Å². The van der Waals surface area contributed by atoms with E-state index < -0.39 is 0 Å². The molecule has 0 amide bonds. The fraction of sp³-hybridized carbons (Fsp3) is 0.0800. The van der Waals surface area contributed by atoms with Gasteiger partial charge in [-0.25, -0.2) is 0 Å². The van der Waals surface area contributed by atoms with E-state index in [-0.39, 0.29) is 5.78 Å². The maximum atomic E-state index is 12.6. The molecule has 0 atom stereocenters. The van der Waals surface area contributed by atoms with E-state index in [0.717, 1.165) is 33.8 Å². The van der Waals surface area contributed by atoms with Crippen LogP contribution in [0.15, 0.2) is 91.0 Å². The van der Waals surface area contributed by atoms with Crippen LogP contribution < -0.4 is 9.47 Å². The first kappa shape index (κ1) is 19.2. The largest absolute Gasteiger partial charge is 0.497 e. The van der Waals surface area contributed by atoms with Crippen LogP contribution in [0.2, 0.25) is 0 Å². The molecule has 0 aliphatic heterocycles. The zero-order chi connectivity index (χ0) is 19.8. The van der Waals surface area contributed by atoms with E-state index in [4.69, 9.17) is 9.47 Å². The van der Waals surface area contributed by atoms with Crippen molar-refractivity contribution in [3.8, 4) is 11.5 Å². The molecule has 0 aromatic heterocycles. The molecule has 0 saturated carbocycles. The Labute approximate surface area is 165 Å². The summed E-state index contributed by atoms with van der Waals surface area (Å²) < 4.78 is 10.4. The van der Waals surface area contributed by atoms with Crippen LogP contribution in [0.3, 0.4) is 0 Å². The Hall–Kier alpha value is -3.59. The zero-order valence-corrected chi connectivity index (χ0v) is 16.0. The lowest BCUT2D eigenvalue weighted by atomic mass is 9.96. The van der Waals surface area contributed by atoms with Crippen molar-refractivity contribution in [1.82, 2.24) is 0 Å². The van der Waals surface area contributed by atoms with Crippen molar-refractivity contribution in [1.29, 1.82) is 0 Å². The molecule has 0 aliphatic carbocycles. The number of ether oxygens (including phenoxy) is 2. The van der Waals surface area contributed by atoms with Gasteiger partial charge in [0.25, 0.3) is 0 Å². The molecule has 0 saturated heterocycles. The lowest BCUT2D eigenvalue weighted by Gasteiger charge is -2.09. The number of hydrogen-bond acceptors (Lipinski definition) is 3. The van der Waals surface area contributed by atoms with Crippen LogP contribution in [0.1, 0.15) is 16.7 Å². The van der Waals surface area contributed by atoms with E-state index in [1.807, 2.05) is 78.9 Å². The van der Waals surface area contributed by atoms with E-state index in [9.17, 15) is 4.79 Å². The Balaban J connectivity index is 1.88. The van der Waals surface area contributed by atoms with Crippen LogP contribution >= 0.6 is 0 Å². The molecule has 3 rings (SSSR count). The Morgan fingerprint density at radius 2 is 1.25 bits per heavy atom. The molecule has 0 unspecified atom stereocenters. The summed E-state index contributed by atoms with van der Waals surface area (Å²) in [5.41, 5.74) is 3.75. The Bertz CT molecular complexity index is 967. The maximum Gasteiger partial charge on any atom is 0.179 e. The number of allylic oxidation sites excluding steroid dienone is 2. The number of methoxy groups -OCH3 is 2. The molecular formula is C25H22O3. The quantitative estimate of drug-likeness (QED) is 0.521. The van der Waals surface area contributed by atoms with E-state index in [1.165, 1.54) is 0 Å². The van der Waals surface area contributed by atoms with Crippen LogP contribution in [-0.2, 0) is 4.79 Å². The highest BCUT2D eigenvalue weighted by atomic mass is 16.5. The minimum atomic E-state index is -0.0783. The first-order valence-corrected chi connectivity index (χ1v) is 8.97. The van der Waals surface area contributed by atoms with Crippen LogP contribution in [-0.4, -0.2) is 20.0 Å². The van der Waals surface area contributed by atoms with E-state index in [0.29, 0.717) is 0 Å². The van der Waals surface area contributed by atoms with Crippen LogP contribution in [0.5, 0.6) is 11.5 Å². The number of rotatable bonds is 7. The molecule has 0 fully saturated rings. The average Bonchev–Trinajstić information content (AvgIpc) is 2.77. The molecule has 0 radical (unpaired) electrons. The third kappa shape index (κ3) is 4.98. The van der Waals surface area contributed by atoms with Gasteiger partial charge in [0.2, 0.25) is 0 Å². The molecule has 3 nitrogen and oxygen atoms in total. The van der Waals surface area contributed by atoms with Crippen molar-refractivity contribution in [3.05, 3.63) is 108 Å². The number of carbonyl (C=O) groups excluding carboxylic acids is 1. The molecule has 28 heavy (non-hydrogen) atoms. The Kier molecular flexibility index (Phi) is 6.42. The molecular weight excluding hydrogens is 348 g/mol. The van der Waals surface area contributed by atoms with Crippen molar-refractivity contribution in [2.45, 2.75) is 0 Å². The predicted octanol–water partition coefficient (Wildman–Crippen LogP) is 5.42. The number of benzene rings is 3. The van der Waals surface area contributed by atoms with Gasteiger partial charge in [-0.05, 0) is 58.7 Å². The number of ketones is 1. The predicted molar refractivity (Wildman–Crippen MR) is 114 cm³/mol. The fourth-order valence-corrected chi connectivity index (χ4v) is 2.81. The first-order valence-electron chi connectivity index (χ1n) is 8.97. The lowest BCUT2D eigenvalue weighted by molar-refractivity contribution is -0.110. The van der Waals surface area contributed by atoms with Crippen LogP contribution in [0.4, 0.5) is 0 Å². The number of carbonyl (C=O) groups is 1. The third-order valence-electron chi connectivity index (χ3n) is 4.33. The second kappa shape index (κ2) is 9.38. The topological polar surface area (TPSA) is 35.5 Å². The summed E-state index contributed by atoms with van der Waals surface area (Å²) in [5.74, 6) is 1.49. The Morgan fingerprint density at radius 1 is 0.714 bits per heavy atom. The molecule has 3 aromatic carbocycles. The molecule has 0 heterocycles. The molecule has 0 N–H and O–H groups in total. The SMILES string of the molecule is COc1ccc(/C=C/C(=O)/C=C(/c2ccccc2)c2ccc(OC)cc2)cc1. The second-order valence-electron chi connectivity index (χ2n) is 6.16. The Morgan fingerprint density at radius 3 is 1.82 bits per heavy atom. The van der Waals surface area contributed by atoms with Gasteiger partial charge < -0.3 is 9.47 Å². The highest BCUT2D eigenvalue weighted by Crippen LogP contribution is 2.25. The van der Waals surface area contributed by atoms with E-state index >= 15 is 0 Å². The highest BCUT2D eigenvalue weighted by Gasteiger charge is 2.07. The van der Waals surface area contributed by atoms with Gasteiger partial charge in [0.15, 0.2) is 5.78 Å². The molecule has 0 bridgehead atoms. The smallest absolute Gasteiger partial charge is 0.179 e. The summed E-state index contributed by atoms with van der Waals surface area (Å²) in [6.45, 7) is 0. The van der Waals surface area contributed by atoms with Crippen LogP contribution in [0.25, 0.3) is 11.6 Å². The van der Waals surface area contributed by atoms with Crippen molar-refractivity contribution < 1.29 is 14.3 Å². The summed E-state index contributed by atoms with van der Waals surface area (Å²) in [5, 5.41) is 0. The molecule has 3 aromatic rings. The van der Waals surface area contributed by atoms with Gasteiger partial charge >= 0.3 is 0 Å². The van der Waals surface area contributed by atoms with Gasteiger partial charge in [0.05, 0.1) is 14.2 Å². The fourth-order valence-electron chi connectivity index (χ4n) is 2.81. The number of hydrogen-bond donors (Lipinski definition) is 0. The second-order valence-corrected chi connectivity index (χ2v) is 6.16. The van der Waals surface area contributed by atoms with Crippen LogP contribution in [0, 0.1) is 0 Å². The summed E-state index contributed by atoms with van der Waals surface area (Å²) in [6, 6.07) is 25.1. The highest BCUT2D eigenvalue weighted by molar-refractivity contribution is 6.08. The first-order chi connectivity index (χ1) is 13.7. The average molecular weight is 370 g/mol. The summed E-state index contributed by atoms with van der Waals surface area (Å²) in [7, 11) is 3.26. The van der Waals surface area contributed by atoms with E-state index in [1.54, 1.807) is 32.4 Å². The van der Waals surface area contributed by atoms with Crippen molar-refractivity contribution in [2.24, 2.45) is 0 Å². The van der Waals surface area contributed by atoms with Gasteiger partial charge in [-0.2, -0.15) is 0 Å². The molecule has 0 spiro atoms. The maximum absolute atomic E-state index is 12.6. The van der Waals surface area contributed by atoms with Gasteiger partial charge in [0.1, 0.15) is 11.5 Å². The summed E-state index contributed by atoms with van der Waals surface area (Å²) >= 11 is 0. The monoisotopic (exact) mass is 370 g/mol. The molecule has 3 heteroatoms. The minimum absolute atomic E-state index is 0.0783. The van der Waals surface area contributed by atoms with Crippen molar-refractivity contribution in [2.75, 3.05) is 14.2 Å². The normalized spacial score (nSPS) is 11.4. The third-order valence-corrected chi connectivity index (χ3v) is 4.33. The van der Waals surface area contributed by atoms with Gasteiger partial charge in [-0.3, -0.25) is 4.79 Å². The molecule has 0 aliphatic rings. The van der Waals surface area contributed by atoms with Crippen molar-refractivity contribution in [3.63, 3.8) is 0 Å². The van der Waals surface area contributed by atoms with Gasteiger partial charge in [-0.1, -0.05) is 60.7 Å². The van der Waals surface area contributed by atoms with Crippen molar-refractivity contribution >= 4 is 17.4 Å². The summed E-state index contributed by atoms with van der Waals surface area (Å²) in [4.78, 5) is 12.6. The zero-order valence-electron chi connectivity index (χ0n) is 16.0. The minimum Gasteiger partial charge on any atom is -0.497 e. The lowest BCUT2D eigenvalue weighted by Crippen LogP contribution is -1.94. The van der Waals surface area contributed by atoms with E-state index in [2.05, 4.69) is 0 Å². The standard InChI is InChI=1S/C25H22O3/c1-27-23-14-9-19(10-15-23)8-13-22(26)18-25(20-6-4-3-5-7-20)21-11-16-24(28-2)17-12-21/h3-18H,1-2H3/b13-8+,25-18-. The summed E-state index contributed by atoms with van der Waals surface area (Å²) in [6.07, 6.45) is 5.04. The van der Waals surface area contributed by atoms with Gasteiger partial charge in [-0.15, -0.1) is 0 Å². The molecule has 140 valence electrons.